The average Bonchev–Trinajstić information content (AvgIpc) is 2.76. The molecular weight excluding hydrogens is 272 g/mol. The third kappa shape index (κ3) is 4.68. The fourth-order valence-electron chi connectivity index (χ4n) is 1.24. The average molecular weight is 286 g/mol. The maximum Gasteiger partial charge on any atom is 0.334 e. The molecule has 0 saturated carbocycles. The summed E-state index contributed by atoms with van der Waals surface area (Å²) in [6, 6.07) is 3.15. The van der Waals surface area contributed by atoms with Crippen LogP contribution in [0.25, 0.3) is 0 Å². The van der Waals surface area contributed by atoms with Gasteiger partial charge >= 0.3 is 5.97 Å². The van der Waals surface area contributed by atoms with Gasteiger partial charge in [-0.25, -0.2) is 4.79 Å². The minimum Gasteiger partial charge on any atom is -0.479 e. The molecule has 19 heavy (non-hydrogen) atoms. The first-order valence-electron chi connectivity index (χ1n) is 5.35. The van der Waals surface area contributed by atoms with Gasteiger partial charge in [0.1, 0.15) is 0 Å². The van der Waals surface area contributed by atoms with E-state index in [4.69, 9.17) is 5.11 Å². The number of nitrogens with one attached hydrogen (secondary N) is 2. The Balaban J connectivity index is 2.56. The zero-order chi connectivity index (χ0) is 14.4. The minimum absolute atomic E-state index is 0.127. The molecule has 1 unspecified atom stereocenters. The number of carbonyl (C=O) groups is 3. The quantitative estimate of drug-likeness (QED) is 0.707. The van der Waals surface area contributed by atoms with Gasteiger partial charge < -0.3 is 20.5 Å². The summed E-state index contributed by atoms with van der Waals surface area (Å²) in [5, 5.41) is 14.3. The van der Waals surface area contributed by atoms with Gasteiger partial charge in [0, 0.05) is 14.0 Å². The molecule has 104 valence electrons. The molecule has 0 aliphatic rings. The van der Waals surface area contributed by atoms with E-state index in [-0.39, 0.29) is 12.5 Å². The van der Waals surface area contributed by atoms with Crippen LogP contribution in [0.5, 0.6) is 0 Å². The van der Waals surface area contributed by atoms with Crippen LogP contribution in [-0.4, -0.2) is 42.6 Å². The standard InChI is InChI=1S/C11H14N2O5S/c1-6(14)13-9-4-3-8(19-9)10(15)12-5-7(18-2)11(16)17/h3-4,7H,5H2,1-2H3,(H,12,15)(H,13,14)(H,16,17). The monoisotopic (exact) mass is 286 g/mol. The Morgan fingerprint density at radius 3 is 2.63 bits per heavy atom. The van der Waals surface area contributed by atoms with Gasteiger partial charge in [0.15, 0.2) is 6.10 Å². The second kappa shape index (κ2) is 6.86. The summed E-state index contributed by atoms with van der Waals surface area (Å²) in [6.07, 6.45) is -1.08. The number of aliphatic carboxylic acids is 1. The molecule has 1 atom stereocenters. The highest BCUT2D eigenvalue weighted by molar-refractivity contribution is 7.18. The van der Waals surface area contributed by atoms with Crippen LogP contribution in [0.4, 0.5) is 5.00 Å². The molecule has 1 heterocycles. The number of rotatable bonds is 6. The van der Waals surface area contributed by atoms with Crippen molar-refractivity contribution in [1.82, 2.24) is 5.32 Å². The number of anilines is 1. The first kappa shape index (κ1) is 15.1. The molecule has 0 bridgehead atoms. The van der Waals surface area contributed by atoms with Gasteiger partial charge in [0.2, 0.25) is 5.91 Å². The SMILES string of the molecule is COC(CNC(=O)c1ccc(NC(C)=O)s1)C(=O)O. The number of hydrogen-bond donors (Lipinski definition) is 3. The molecule has 0 saturated heterocycles. The van der Waals surface area contributed by atoms with Gasteiger partial charge in [0.05, 0.1) is 16.4 Å². The van der Waals surface area contributed by atoms with Crippen molar-refractivity contribution < 1.29 is 24.2 Å². The lowest BCUT2D eigenvalue weighted by Gasteiger charge is -2.10. The molecule has 7 nitrogen and oxygen atoms in total. The van der Waals surface area contributed by atoms with Crippen LogP contribution < -0.4 is 10.6 Å². The maximum absolute atomic E-state index is 11.7. The third-order valence-corrected chi connectivity index (χ3v) is 3.14. The van der Waals surface area contributed by atoms with Crippen LogP contribution in [0.2, 0.25) is 0 Å². The smallest absolute Gasteiger partial charge is 0.334 e. The van der Waals surface area contributed by atoms with E-state index in [9.17, 15) is 14.4 Å². The largest absolute Gasteiger partial charge is 0.479 e. The van der Waals surface area contributed by atoms with E-state index in [1.54, 1.807) is 12.1 Å². The van der Waals surface area contributed by atoms with E-state index in [0.717, 1.165) is 11.3 Å². The van der Waals surface area contributed by atoms with Crippen molar-refractivity contribution in [2.45, 2.75) is 13.0 Å². The number of ether oxygens (including phenoxy) is 1. The topological polar surface area (TPSA) is 105 Å². The van der Waals surface area contributed by atoms with Gasteiger partial charge in [-0.3, -0.25) is 9.59 Å². The van der Waals surface area contributed by atoms with Crippen molar-refractivity contribution in [2.24, 2.45) is 0 Å². The Morgan fingerprint density at radius 2 is 2.11 bits per heavy atom. The Hall–Kier alpha value is -1.93. The zero-order valence-corrected chi connectivity index (χ0v) is 11.2. The second-order valence-corrected chi connectivity index (χ2v) is 4.70. The lowest BCUT2D eigenvalue weighted by Crippen LogP contribution is -2.37. The molecule has 1 aromatic rings. The fraction of sp³-hybridized carbons (Fsp3) is 0.364. The molecular formula is C11H14N2O5S. The molecule has 0 spiro atoms. The summed E-state index contributed by atoms with van der Waals surface area (Å²) in [6.45, 7) is 1.24. The third-order valence-electron chi connectivity index (χ3n) is 2.14. The molecule has 2 amide bonds. The molecule has 8 heteroatoms. The Morgan fingerprint density at radius 1 is 1.42 bits per heavy atom. The highest BCUT2D eigenvalue weighted by Gasteiger charge is 2.18. The number of amides is 2. The highest BCUT2D eigenvalue weighted by Crippen LogP contribution is 2.21. The van der Waals surface area contributed by atoms with E-state index < -0.39 is 18.0 Å². The van der Waals surface area contributed by atoms with Crippen molar-refractivity contribution in [2.75, 3.05) is 19.0 Å². The number of thiophene rings is 1. The first-order valence-corrected chi connectivity index (χ1v) is 6.17. The van der Waals surface area contributed by atoms with E-state index >= 15 is 0 Å². The Bertz CT molecular complexity index is 485. The Labute approximate surface area is 113 Å². The van der Waals surface area contributed by atoms with Crippen molar-refractivity contribution in [3.05, 3.63) is 17.0 Å². The predicted molar refractivity (Wildman–Crippen MR) is 69.4 cm³/mol. The number of hydrogen-bond acceptors (Lipinski definition) is 5. The van der Waals surface area contributed by atoms with Gasteiger partial charge in [-0.2, -0.15) is 0 Å². The number of methoxy groups -OCH3 is 1. The summed E-state index contributed by atoms with van der Waals surface area (Å²) in [4.78, 5) is 33.6. The van der Waals surface area contributed by atoms with Gasteiger partial charge in [-0.15, -0.1) is 11.3 Å². The predicted octanol–water partition coefficient (Wildman–Crippen LogP) is 0.536. The summed E-state index contributed by atoms with van der Waals surface area (Å²) < 4.78 is 4.69. The van der Waals surface area contributed by atoms with Crippen LogP contribution in [0.1, 0.15) is 16.6 Å². The fourth-order valence-corrected chi connectivity index (χ4v) is 2.11. The molecule has 0 radical (unpaired) electrons. The highest BCUT2D eigenvalue weighted by atomic mass is 32.1. The van der Waals surface area contributed by atoms with Gasteiger partial charge in [-0.05, 0) is 12.1 Å². The van der Waals surface area contributed by atoms with Crippen molar-refractivity contribution in [3.8, 4) is 0 Å². The molecule has 0 aliphatic carbocycles. The van der Waals surface area contributed by atoms with E-state index in [1.807, 2.05) is 0 Å². The van der Waals surface area contributed by atoms with Crippen molar-refractivity contribution in [1.29, 1.82) is 0 Å². The van der Waals surface area contributed by atoms with Crippen LogP contribution in [0, 0.1) is 0 Å². The summed E-state index contributed by atoms with van der Waals surface area (Å²) >= 11 is 1.10. The lowest BCUT2D eigenvalue weighted by molar-refractivity contribution is -0.148. The lowest BCUT2D eigenvalue weighted by atomic mass is 10.3. The van der Waals surface area contributed by atoms with Gasteiger partial charge in [0.25, 0.3) is 5.91 Å². The van der Waals surface area contributed by atoms with E-state index in [2.05, 4.69) is 15.4 Å². The molecule has 0 fully saturated rings. The summed E-state index contributed by atoms with van der Waals surface area (Å²) in [7, 11) is 1.25. The Kier molecular flexibility index (Phi) is 5.46. The maximum atomic E-state index is 11.7. The number of carbonyl (C=O) groups excluding carboxylic acids is 2. The van der Waals surface area contributed by atoms with Crippen LogP contribution in [0.15, 0.2) is 12.1 Å². The van der Waals surface area contributed by atoms with Crippen LogP contribution in [-0.2, 0) is 14.3 Å². The van der Waals surface area contributed by atoms with Crippen LogP contribution in [0.3, 0.4) is 0 Å². The van der Waals surface area contributed by atoms with Crippen molar-refractivity contribution >= 4 is 34.1 Å². The number of carboxylic acid groups (broad SMARTS) is 1. The summed E-state index contributed by atoms with van der Waals surface area (Å²) in [5.41, 5.74) is 0. The molecule has 3 N–H and O–H groups in total. The first-order chi connectivity index (χ1) is 8.93. The number of carboxylic acids is 1. The molecule has 0 aliphatic heterocycles. The van der Waals surface area contributed by atoms with Crippen LogP contribution >= 0.6 is 11.3 Å². The van der Waals surface area contributed by atoms with E-state index in [0.29, 0.717) is 9.88 Å². The summed E-state index contributed by atoms with van der Waals surface area (Å²) in [5.74, 6) is -1.78. The van der Waals surface area contributed by atoms with Crippen molar-refractivity contribution in [3.63, 3.8) is 0 Å². The normalized spacial score (nSPS) is 11.7. The van der Waals surface area contributed by atoms with Gasteiger partial charge in [-0.1, -0.05) is 0 Å². The molecule has 1 aromatic heterocycles. The molecule has 1 rings (SSSR count). The minimum atomic E-state index is -1.15. The zero-order valence-electron chi connectivity index (χ0n) is 10.4. The molecule has 0 aromatic carbocycles. The van der Waals surface area contributed by atoms with E-state index in [1.165, 1.54) is 14.0 Å². The second-order valence-electron chi connectivity index (χ2n) is 3.62.